The van der Waals surface area contributed by atoms with Crippen LogP contribution in [-0.2, 0) is 16.1 Å². The summed E-state index contributed by atoms with van der Waals surface area (Å²) < 4.78 is 0. The molecule has 0 aromatic heterocycles. The summed E-state index contributed by atoms with van der Waals surface area (Å²) in [5, 5.41) is 7.42. The molecule has 1 amide bonds. The second-order valence-corrected chi connectivity index (χ2v) is 6.15. The quantitative estimate of drug-likeness (QED) is 0.662. The van der Waals surface area contributed by atoms with Crippen LogP contribution in [-0.4, -0.2) is 18.7 Å². The number of oxime groups is 1. The van der Waals surface area contributed by atoms with Crippen molar-refractivity contribution in [2.75, 3.05) is 6.61 Å². The fourth-order valence-electron chi connectivity index (χ4n) is 2.91. The lowest BCUT2D eigenvalue weighted by Gasteiger charge is -2.26. The predicted molar refractivity (Wildman–Crippen MR) is 95.3 cm³/mol. The number of rotatable bonds is 5. The van der Waals surface area contributed by atoms with E-state index in [1.54, 1.807) is 6.07 Å². The molecule has 0 aliphatic heterocycles. The summed E-state index contributed by atoms with van der Waals surface area (Å²) >= 11 is 6.02. The van der Waals surface area contributed by atoms with Gasteiger partial charge in [-0.15, -0.1) is 0 Å². The van der Waals surface area contributed by atoms with Gasteiger partial charge in [0, 0.05) is 10.6 Å². The van der Waals surface area contributed by atoms with E-state index < -0.39 is 0 Å². The molecular formula is C19H19ClN2O2. The van der Waals surface area contributed by atoms with Gasteiger partial charge in [-0.25, -0.2) is 0 Å². The minimum atomic E-state index is -0.173. The summed E-state index contributed by atoms with van der Waals surface area (Å²) in [6.45, 7) is -0.111. The monoisotopic (exact) mass is 342 g/mol. The number of benzene rings is 2. The topological polar surface area (TPSA) is 50.7 Å². The van der Waals surface area contributed by atoms with Crippen molar-refractivity contribution in [3.8, 4) is 0 Å². The van der Waals surface area contributed by atoms with E-state index in [4.69, 9.17) is 16.4 Å². The van der Waals surface area contributed by atoms with Crippen molar-refractivity contribution in [3.63, 3.8) is 0 Å². The molecule has 2 aromatic carbocycles. The van der Waals surface area contributed by atoms with Gasteiger partial charge in [0.1, 0.15) is 0 Å². The molecule has 0 fully saturated rings. The van der Waals surface area contributed by atoms with Crippen LogP contribution in [0.1, 0.15) is 35.6 Å². The highest BCUT2D eigenvalue weighted by Gasteiger charge is 2.21. The van der Waals surface area contributed by atoms with Crippen LogP contribution in [0.25, 0.3) is 0 Å². The number of nitrogens with one attached hydrogen (secondary N) is 1. The van der Waals surface area contributed by atoms with Crippen molar-refractivity contribution in [2.24, 2.45) is 5.16 Å². The Balaban J connectivity index is 1.51. The molecule has 0 spiro atoms. The zero-order valence-corrected chi connectivity index (χ0v) is 14.0. The lowest BCUT2D eigenvalue weighted by atomic mass is 9.88. The molecule has 0 saturated carbocycles. The van der Waals surface area contributed by atoms with E-state index >= 15 is 0 Å². The number of aryl methyl sites for hydroxylation is 1. The Morgan fingerprint density at radius 1 is 1.25 bits per heavy atom. The van der Waals surface area contributed by atoms with E-state index in [-0.39, 0.29) is 18.6 Å². The number of nitrogens with zero attached hydrogens (tertiary/aromatic N) is 1. The molecule has 1 N–H and O–H groups in total. The normalized spacial score (nSPS) is 16.6. The summed E-state index contributed by atoms with van der Waals surface area (Å²) in [6, 6.07) is 15.6. The van der Waals surface area contributed by atoms with Gasteiger partial charge in [-0.2, -0.15) is 0 Å². The second kappa shape index (κ2) is 7.97. The highest BCUT2D eigenvalue weighted by Crippen LogP contribution is 2.29. The van der Waals surface area contributed by atoms with E-state index in [1.165, 1.54) is 17.3 Å². The Morgan fingerprint density at radius 2 is 2.04 bits per heavy atom. The average molecular weight is 343 g/mol. The zero-order valence-electron chi connectivity index (χ0n) is 13.2. The molecule has 5 heteroatoms. The van der Waals surface area contributed by atoms with Crippen molar-refractivity contribution in [3.05, 3.63) is 70.2 Å². The van der Waals surface area contributed by atoms with Crippen molar-refractivity contribution >= 4 is 23.7 Å². The van der Waals surface area contributed by atoms with Crippen LogP contribution in [0.4, 0.5) is 0 Å². The van der Waals surface area contributed by atoms with Crippen molar-refractivity contribution < 1.29 is 9.63 Å². The third kappa shape index (κ3) is 4.15. The summed E-state index contributed by atoms with van der Waals surface area (Å²) in [6.07, 6.45) is 4.60. The number of hydrogen-bond acceptors (Lipinski definition) is 3. The number of fused-ring (bicyclic) bond motifs is 1. The maximum absolute atomic E-state index is 12.1. The summed E-state index contributed by atoms with van der Waals surface area (Å²) in [4.78, 5) is 17.1. The molecule has 3 rings (SSSR count). The van der Waals surface area contributed by atoms with Gasteiger partial charge in [0.05, 0.1) is 12.3 Å². The molecule has 1 aliphatic rings. The number of carbonyl (C=O) groups is 1. The van der Waals surface area contributed by atoms with E-state index in [2.05, 4.69) is 22.6 Å². The van der Waals surface area contributed by atoms with Crippen LogP contribution < -0.4 is 5.32 Å². The summed E-state index contributed by atoms with van der Waals surface area (Å²) in [5.74, 6) is -0.173. The van der Waals surface area contributed by atoms with E-state index in [0.29, 0.717) is 5.02 Å². The highest BCUT2D eigenvalue weighted by atomic mass is 35.5. The third-order valence-corrected chi connectivity index (χ3v) is 4.42. The second-order valence-electron chi connectivity index (χ2n) is 5.74. The summed E-state index contributed by atoms with van der Waals surface area (Å²) in [5.41, 5.74) is 3.27. The predicted octanol–water partition coefficient (Wildman–Crippen LogP) is 3.88. The molecule has 1 atom stereocenters. The first-order chi connectivity index (χ1) is 11.7. The molecule has 124 valence electrons. The Bertz CT molecular complexity index is 746. The van der Waals surface area contributed by atoms with Crippen LogP contribution >= 0.6 is 11.6 Å². The van der Waals surface area contributed by atoms with Crippen LogP contribution in [0.15, 0.2) is 53.7 Å². The van der Waals surface area contributed by atoms with Gasteiger partial charge in [0.25, 0.3) is 5.91 Å². The first-order valence-corrected chi connectivity index (χ1v) is 8.39. The van der Waals surface area contributed by atoms with E-state index in [1.807, 2.05) is 30.3 Å². The van der Waals surface area contributed by atoms with Gasteiger partial charge in [-0.3, -0.25) is 4.79 Å². The van der Waals surface area contributed by atoms with Gasteiger partial charge in [0.2, 0.25) is 0 Å². The van der Waals surface area contributed by atoms with Gasteiger partial charge < -0.3 is 10.2 Å². The molecular weight excluding hydrogens is 324 g/mol. The minimum absolute atomic E-state index is 0.0543. The van der Waals surface area contributed by atoms with Gasteiger partial charge in [-0.1, -0.05) is 59.2 Å². The highest BCUT2D eigenvalue weighted by molar-refractivity contribution is 6.33. The molecule has 1 aliphatic carbocycles. The SMILES string of the molecule is O=C(CO/N=C/c1ccccc1Cl)NC1CCCc2ccccc21. The molecule has 1 unspecified atom stereocenters. The molecule has 0 saturated heterocycles. The fourth-order valence-corrected chi connectivity index (χ4v) is 3.09. The Hall–Kier alpha value is -2.33. The molecule has 0 radical (unpaired) electrons. The molecule has 4 nitrogen and oxygen atoms in total. The third-order valence-electron chi connectivity index (χ3n) is 4.07. The number of hydrogen-bond donors (Lipinski definition) is 1. The first-order valence-electron chi connectivity index (χ1n) is 8.01. The van der Waals surface area contributed by atoms with Gasteiger partial charge >= 0.3 is 0 Å². The Labute approximate surface area is 146 Å². The smallest absolute Gasteiger partial charge is 0.261 e. The fraction of sp³-hybridized carbons (Fsp3) is 0.263. The average Bonchev–Trinajstić information content (AvgIpc) is 2.60. The van der Waals surface area contributed by atoms with Crippen molar-refractivity contribution in [1.29, 1.82) is 0 Å². The largest absolute Gasteiger partial charge is 0.386 e. The Kier molecular flexibility index (Phi) is 5.49. The standard InChI is InChI=1S/C19H19ClN2O2/c20-17-10-4-2-7-15(17)12-21-24-13-19(23)22-18-11-5-8-14-6-1-3-9-16(14)18/h1-4,6-7,9-10,12,18H,5,8,11,13H2,(H,22,23)/b21-12+. The molecule has 0 heterocycles. The summed E-state index contributed by atoms with van der Waals surface area (Å²) in [7, 11) is 0. The van der Waals surface area contributed by atoms with Crippen LogP contribution in [0.5, 0.6) is 0 Å². The lowest BCUT2D eigenvalue weighted by Crippen LogP contribution is -2.33. The number of halogens is 1. The maximum Gasteiger partial charge on any atom is 0.261 e. The van der Waals surface area contributed by atoms with Gasteiger partial charge in [0.15, 0.2) is 6.61 Å². The van der Waals surface area contributed by atoms with Crippen LogP contribution in [0, 0.1) is 0 Å². The number of carbonyl (C=O) groups excluding carboxylic acids is 1. The Morgan fingerprint density at radius 3 is 2.92 bits per heavy atom. The van der Waals surface area contributed by atoms with E-state index in [0.717, 1.165) is 24.8 Å². The van der Waals surface area contributed by atoms with E-state index in [9.17, 15) is 4.79 Å². The molecule has 2 aromatic rings. The van der Waals surface area contributed by atoms with Gasteiger partial charge in [-0.05, 0) is 36.5 Å². The van der Waals surface area contributed by atoms with Crippen molar-refractivity contribution in [1.82, 2.24) is 5.32 Å². The minimum Gasteiger partial charge on any atom is -0.386 e. The molecule has 0 bridgehead atoms. The maximum atomic E-state index is 12.1. The molecule has 24 heavy (non-hydrogen) atoms. The van der Waals surface area contributed by atoms with Crippen LogP contribution in [0.3, 0.4) is 0 Å². The lowest BCUT2D eigenvalue weighted by molar-refractivity contribution is -0.126. The zero-order chi connectivity index (χ0) is 16.8. The first kappa shape index (κ1) is 16.5. The number of amides is 1. The van der Waals surface area contributed by atoms with Crippen molar-refractivity contribution in [2.45, 2.75) is 25.3 Å². The van der Waals surface area contributed by atoms with Crippen LogP contribution in [0.2, 0.25) is 5.02 Å².